The van der Waals surface area contributed by atoms with Gasteiger partial charge in [0.2, 0.25) is 0 Å². The summed E-state index contributed by atoms with van der Waals surface area (Å²) < 4.78 is 21.4. The van der Waals surface area contributed by atoms with E-state index in [1.807, 2.05) is 60.7 Å². The Kier molecular flexibility index (Phi) is 10.6. The molecular formula is C39H48N2O8. The molecule has 5 aliphatic rings. The van der Waals surface area contributed by atoms with Crippen LogP contribution >= 0.6 is 0 Å². The highest BCUT2D eigenvalue weighted by atomic mass is 16.6. The minimum absolute atomic E-state index is 0.0980. The van der Waals surface area contributed by atoms with Gasteiger partial charge in [0.25, 0.3) is 0 Å². The Balaban J connectivity index is 0.000000170. The monoisotopic (exact) mass is 672 g/mol. The standard InChI is InChI=1S/C20H25NO4.C19H23NO4/c1-2-24-18(22)17-15-8-9-20(10-11-20)16(15)12-21(17)19(23)25-13-14-6-4-3-5-7-14;1-3-23-18(21)17-15-10-9-13(2)16(15)11-20(17)19(22)24-12-14-7-5-4-6-8-14/h3-7,15-17H,2,8-13H2,1H3;4-8,15-17H,2-3,9-12H2,1H3/t15-,16-,17-;15-,16+,17-/m00/s1. The fourth-order valence-corrected chi connectivity index (χ4v) is 8.62. The molecule has 2 aromatic rings. The normalized spacial score (nSPS) is 27.1. The van der Waals surface area contributed by atoms with Crippen LogP contribution in [0.25, 0.3) is 0 Å². The number of benzene rings is 2. The molecule has 2 heterocycles. The summed E-state index contributed by atoms with van der Waals surface area (Å²) >= 11 is 0. The lowest BCUT2D eigenvalue weighted by Crippen LogP contribution is -2.44. The molecule has 5 fully saturated rings. The Labute approximate surface area is 288 Å². The molecule has 0 bridgehead atoms. The molecule has 2 aliphatic heterocycles. The van der Waals surface area contributed by atoms with Crippen molar-refractivity contribution in [2.24, 2.45) is 29.1 Å². The van der Waals surface area contributed by atoms with Crippen molar-refractivity contribution in [2.45, 2.75) is 77.7 Å². The maximum Gasteiger partial charge on any atom is 0.410 e. The van der Waals surface area contributed by atoms with Crippen LogP contribution in [0.15, 0.2) is 72.8 Å². The highest BCUT2D eigenvalue weighted by Gasteiger charge is 2.64. The third-order valence-corrected chi connectivity index (χ3v) is 11.2. The Bertz CT molecular complexity index is 1510. The quantitative estimate of drug-likeness (QED) is 0.177. The van der Waals surface area contributed by atoms with Gasteiger partial charge in [0, 0.05) is 19.0 Å². The fourth-order valence-electron chi connectivity index (χ4n) is 8.62. The smallest absolute Gasteiger partial charge is 0.410 e. The molecule has 2 amide bonds. The number of fused-ring (bicyclic) bond motifs is 3. The molecule has 0 aromatic heterocycles. The molecule has 6 atom stereocenters. The summed E-state index contributed by atoms with van der Waals surface area (Å²) in [4.78, 5) is 53.3. The Morgan fingerprint density at radius 2 is 1.20 bits per heavy atom. The van der Waals surface area contributed by atoms with E-state index in [0.717, 1.165) is 36.0 Å². The molecule has 3 saturated carbocycles. The van der Waals surface area contributed by atoms with Gasteiger partial charge in [-0.05, 0) is 86.7 Å². The first-order valence-electron chi connectivity index (χ1n) is 17.7. The van der Waals surface area contributed by atoms with Gasteiger partial charge in [0.1, 0.15) is 25.3 Å². The molecule has 262 valence electrons. The molecule has 0 radical (unpaired) electrons. The van der Waals surface area contributed by atoms with Gasteiger partial charge in [0.15, 0.2) is 0 Å². The number of likely N-dealkylation sites (tertiary alicyclic amines) is 2. The zero-order valence-electron chi connectivity index (χ0n) is 28.6. The Morgan fingerprint density at radius 1 is 0.694 bits per heavy atom. The van der Waals surface area contributed by atoms with E-state index >= 15 is 0 Å². The summed E-state index contributed by atoms with van der Waals surface area (Å²) in [6, 6.07) is 18.1. The average Bonchev–Trinajstić information content (AvgIpc) is 3.36. The Morgan fingerprint density at radius 3 is 1.71 bits per heavy atom. The van der Waals surface area contributed by atoms with E-state index in [1.165, 1.54) is 24.2 Å². The second kappa shape index (κ2) is 15.0. The summed E-state index contributed by atoms with van der Waals surface area (Å²) in [6.45, 7) is 9.85. The lowest BCUT2D eigenvalue weighted by Gasteiger charge is -2.25. The minimum atomic E-state index is -0.558. The number of carbonyl (C=O) groups is 4. The van der Waals surface area contributed by atoms with E-state index in [-0.39, 0.29) is 42.9 Å². The molecule has 10 heteroatoms. The Hall–Kier alpha value is -4.34. The summed E-state index contributed by atoms with van der Waals surface area (Å²) in [5.74, 6) is 0.308. The van der Waals surface area contributed by atoms with Gasteiger partial charge in [-0.3, -0.25) is 9.80 Å². The van der Waals surface area contributed by atoms with E-state index < -0.39 is 24.3 Å². The van der Waals surface area contributed by atoms with E-state index in [0.29, 0.717) is 37.6 Å². The first-order chi connectivity index (χ1) is 23.8. The van der Waals surface area contributed by atoms with Crippen LogP contribution in [-0.2, 0) is 41.8 Å². The molecule has 10 nitrogen and oxygen atoms in total. The third kappa shape index (κ3) is 7.33. The molecule has 3 aliphatic carbocycles. The minimum Gasteiger partial charge on any atom is -0.464 e. The van der Waals surface area contributed by atoms with Gasteiger partial charge in [-0.25, -0.2) is 19.2 Å². The molecule has 2 aromatic carbocycles. The van der Waals surface area contributed by atoms with Crippen molar-refractivity contribution < 1.29 is 38.1 Å². The second-order valence-electron chi connectivity index (χ2n) is 13.9. The highest BCUT2D eigenvalue weighted by molar-refractivity contribution is 5.83. The largest absolute Gasteiger partial charge is 0.464 e. The SMILES string of the molecule is C=C1CC[C@H]2[C@@H]1CN(C(=O)OCc1ccccc1)[C@@H]2C(=O)OCC.CCOC(=O)[C@@H]1[C@H]2CCC3(CC3)[C@H]2CN1C(=O)OCc1ccccc1. The van der Waals surface area contributed by atoms with Crippen LogP contribution in [0.5, 0.6) is 0 Å². The van der Waals surface area contributed by atoms with E-state index in [4.69, 9.17) is 18.9 Å². The molecule has 0 N–H and O–H groups in total. The second-order valence-corrected chi connectivity index (χ2v) is 13.9. The first kappa shape index (κ1) is 34.5. The first-order valence-corrected chi connectivity index (χ1v) is 17.7. The zero-order chi connectivity index (χ0) is 34.5. The summed E-state index contributed by atoms with van der Waals surface area (Å²) in [5.41, 5.74) is 3.36. The molecule has 1 spiro atoms. The lowest BCUT2D eigenvalue weighted by molar-refractivity contribution is -0.150. The molecule has 7 rings (SSSR count). The highest BCUT2D eigenvalue weighted by Crippen LogP contribution is 2.66. The van der Waals surface area contributed by atoms with Crippen molar-refractivity contribution in [1.82, 2.24) is 9.80 Å². The van der Waals surface area contributed by atoms with Crippen LogP contribution < -0.4 is 0 Å². The summed E-state index contributed by atoms with van der Waals surface area (Å²) in [7, 11) is 0. The number of hydrogen-bond acceptors (Lipinski definition) is 8. The van der Waals surface area contributed by atoms with Crippen molar-refractivity contribution in [1.29, 1.82) is 0 Å². The average molecular weight is 673 g/mol. The molecule has 2 saturated heterocycles. The van der Waals surface area contributed by atoms with Gasteiger partial charge < -0.3 is 18.9 Å². The number of amides is 2. The predicted molar refractivity (Wildman–Crippen MR) is 181 cm³/mol. The van der Waals surface area contributed by atoms with Crippen LogP contribution in [0.1, 0.15) is 63.5 Å². The van der Waals surface area contributed by atoms with Gasteiger partial charge in [0.05, 0.1) is 13.2 Å². The van der Waals surface area contributed by atoms with Crippen molar-refractivity contribution in [2.75, 3.05) is 26.3 Å². The van der Waals surface area contributed by atoms with Gasteiger partial charge in [-0.1, -0.05) is 72.8 Å². The molecule has 49 heavy (non-hydrogen) atoms. The van der Waals surface area contributed by atoms with Gasteiger partial charge in [-0.15, -0.1) is 0 Å². The summed E-state index contributed by atoms with van der Waals surface area (Å²) in [6.07, 6.45) is 5.59. The zero-order valence-corrected chi connectivity index (χ0v) is 28.6. The van der Waals surface area contributed by atoms with Crippen molar-refractivity contribution in [3.05, 3.63) is 83.9 Å². The molecular weight excluding hydrogens is 624 g/mol. The maximum absolute atomic E-state index is 12.7. The van der Waals surface area contributed by atoms with Gasteiger partial charge >= 0.3 is 24.1 Å². The van der Waals surface area contributed by atoms with Crippen LogP contribution in [0.2, 0.25) is 0 Å². The number of carbonyl (C=O) groups excluding carboxylic acids is 4. The van der Waals surface area contributed by atoms with Gasteiger partial charge in [-0.2, -0.15) is 0 Å². The molecule has 0 unspecified atom stereocenters. The van der Waals surface area contributed by atoms with Crippen molar-refractivity contribution in [3.8, 4) is 0 Å². The van der Waals surface area contributed by atoms with Crippen molar-refractivity contribution >= 4 is 24.1 Å². The fraction of sp³-hybridized carbons (Fsp3) is 0.538. The number of rotatable bonds is 8. The van der Waals surface area contributed by atoms with Crippen molar-refractivity contribution in [3.63, 3.8) is 0 Å². The maximum atomic E-state index is 12.7. The van der Waals surface area contributed by atoms with Crippen LogP contribution in [0, 0.1) is 29.1 Å². The third-order valence-electron chi connectivity index (χ3n) is 11.2. The van der Waals surface area contributed by atoms with E-state index in [2.05, 4.69) is 6.58 Å². The number of ether oxygens (including phenoxy) is 4. The summed E-state index contributed by atoms with van der Waals surface area (Å²) in [5, 5.41) is 0. The van der Waals surface area contributed by atoms with E-state index in [9.17, 15) is 19.2 Å². The lowest BCUT2D eigenvalue weighted by atomic mass is 9.87. The van der Waals surface area contributed by atoms with Crippen LogP contribution in [0.4, 0.5) is 9.59 Å². The van der Waals surface area contributed by atoms with Crippen LogP contribution in [0.3, 0.4) is 0 Å². The number of nitrogens with zero attached hydrogens (tertiary/aromatic N) is 2. The predicted octanol–water partition coefficient (Wildman–Crippen LogP) is 6.53. The van der Waals surface area contributed by atoms with E-state index in [1.54, 1.807) is 18.7 Å². The number of hydrogen-bond donors (Lipinski definition) is 0. The topological polar surface area (TPSA) is 112 Å². The number of esters is 2. The van der Waals surface area contributed by atoms with Crippen LogP contribution in [-0.4, -0.2) is 72.3 Å².